The quantitative estimate of drug-likeness (QED) is 0.695. The summed E-state index contributed by atoms with van der Waals surface area (Å²) < 4.78 is 1.01. The fraction of sp³-hybridized carbons (Fsp3) is 0.118. The van der Waals surface area contributed by atoms with Crippen molar-refractivity contribution in [3.63, 3.8) is 0 Å². The van der Waals surface area contributed by atoms with Crippen LogP contribution in [-0.2, 0) is 0 Å². The van der Waals surface area contributed by atoms with E-state index in [1.165, 1.54) is 16.7 Å². The summed E-state index contributed by atoms with van der Waals surface area (Å²) in [5.74, 6) is 0. The molecule has 1 heterocycles. The van der Waals surface area contributed by atoms with Gasteiger partial charge in [-0.1, -0.05) is 48.5 Å². The van der Waals surface area contributed by atoms with Crippen molar-refractivity contribution in [1.82, 2.24) is 10.2 Å². The molecule has 100 valence electrons. The van der Waals surface area contributed by atoms with Crippen LogP contribution in [0.2, 0.25) is 0 Å². The molecule has 0 amide bonds. The number of aromatic amines is 1. The Hall–Kier alpha value is -1.87. The van der Waals surface area contributed by atoms with Gasteiger partial charge in [0.2, 0.25) is 0 Å². The van der Waals surface area contributed by atoms with Gasteiger partial charge in [-0.05, 0) is 40.9 Å². The van der Waals surface area contributed by atoms with Crippen LogP contribution >= 0.6 is 15.9 Å². The van der Waals surface area contributed by atoms with Crippen molar-refractivity contribution in [3.05, 3.63) is 64.1 Å². The molecule has 2 aromatic carbocycles. The van der Waals surface area contributed by atoms with E-state index in [9.17, 15) is 0 Å². The number of halogens is 1. The molecule has 0 aliphatic rings. The Morgan fingerprint density at radius 3 is 2.00 bits per heavy atom. The summed E-state index contributed by atoms with van der Waals surface area (Å²) in [6.07, 6.45) is 0. The van der Waals surface area contributed by atoms with Gasteiger partial charge in [0.1, 0.15) is 5.69 Å². The first-order valence-electron chi connectivity index (χ1n) is 6.54. The van der Waals surface area contributed by atoms with E-state index in [0.717, 1.165) is 21.4 Å². The highest BCUT2D eigenvalue weighted by molar-refractivity contribution is 9.10. The third-order valence-corrected chi connectivity index (χ3v) is 4.29. The minimum absolute atomic E-state index is 0.960. The molecule has 3 heteroatoms. The summed E-state index contributed by atoms with van der Waals surface area (Å²) in [7, 11) is 0. The molecule has 3 aromatic rings. The van der Waals surface area contributed by atoms with Crippen LogP contribution in [0.1, 0.15) is 11.1 Å². The molecule has 0 bridgehead atoms. The number of aryl methyl sites for hydroxylation is 2. The van der Waals surface area contributed by atoms with E-state index in [1.54, 1.807) is 0 Å². The standard InChI is InChI=1S/C17H15BrN2/c1-11-7-3-5-9-13(11)16-15(18)17(20-19-16)14-10-6-4-8-12(14)2/h3-10H,1-2H3,(H,19,20). The SMILES string of the molecule is Cc1ccccc1-c1n[nH]c(-c2ccccc2C)c1Br. The number of hydrogen-bond donors (Lipinski definition) is 1. The monoisotopic (exact) mass is 326 g/mol. The lowest BCUT2D eigenvalue weighted by molar-refractivity contribution is 1.10. The average molecular weight is 327 g/mol. The van der Waals surface area contributed by atoms with Crippen molar-refractivity contribution in [2.45, 2.75) is 13.8 Å². The number of hydrogen-bond acceptors (Lipinski definition) is 1. The van der Waals surface area contributed by atoms with Crippen LogP contribution in [0.5, 0.6) is 0 Å². The average Bonchev–Trinajstić information content (AvgIpc) is 2.82. The number of H-pyrrole nitrogens is 1. The Kier molecular flexibility index (Phi) is 3.45. The highest BCUT2D eigenvalue weighted by Gasteiger charge is 2.16. The molecule has 1 N–H and O–H groups in total. The van der Waals surface area contributed by atoms with Gasteiger partial charge in [-0.2, -0.15) is 5.10 Å². The lowest BCUT2D eigenvalue weighted by atomic mass is 10.0. The minimum Gasteiger partial charge on any atom is -0.276 e. The van der Waals surface area contributed by atoms with Crippen LogP contribution in [0.3, 0.4) is 0 Å². The molecule has 0 saturated carbocycles. The molecule has 0 saturated heterocycles. The molecule has 0 fully saturated rings. The summed E-state index contributed by atoms with van der Waals surface area (Å²) in [6.45, 7) is 4.21. The number of rotatable bonds is 2. The summed E-state index contributed by atoms with van der Waals surface area (Å²) in [4.78, 5) is 0. The van der Waals surface area contributed by atoms with Crippen molar-refractivity contribution in [2.24, 2.45) is 0 Å². The van der Waals surface area contributed by atoms with Gasteiger partial charge in [0.05, 0.1) is 10.2 Å². The van der Waals surface area contributed by atoms with Gasteiger partial charge in [0.15, 0.2) is 0 Å². The molecule has 0 spiro atoms. The maximum absolute atomic E-state index is 4.49. The van der Waals surface area contributed by atoms with Crippen molar-refractivity contribution >= 4 is 15.9 Å². The van der Waals surface area contributed by atoms with Crippen molar-refractivity contribution in [3.8, 4) is 22.5 Å². The molecule has 0 radical (unpaired) electrons. The molecular formula is C17H15BrN2. The van der Waals surface area contributed by atoms with Crippen LogP contribution in [0, 0.1) is 13.8 Å². The maximum atomic E-state index is 4.49. The van der Waals surface area contributed by atoms with Crippen molar-refractivity contribution in [2.75, 3.05) is 0 Å². The predicted octanol–water partition coefficient (Wildman–Crippen LogP) is 5.12. The summed E-state index contributed by atoms with van der Waals surface area (Å²) >= 11 is 3.70. The third-order valence-electron chi connectivity index (χ3n) is 3.52. The van der Waals surface area contributed by atoms with Crippen LogP contribution in [-0.4, -0.2) is 10.2 Å². The summed E-state index contributed by atoms with van der Waals surface area (Å²) in [5.41, 5.74) is 6.76. The van der Waals surface area contributed by atoms with Crippen LogP contribution in [0.15, 0.2) is 53.0 Å². The normalized spacial score (nSPS) is 10.8. The Bertz CT molecular complexity index is 696. The van der Waals surface area contributed by atoms with E-state index in [0.29, 0.717) is 0 Å². The second-order valence-electron chi connectivity index (χ2n) is 4.89. The van der Waals surface area contributed by atoms with Crippen LogP contribution < -0.4 is 0 Å². The van der Waals surface area contributed by atoms with E-state index in [-0.39, 0.29) is 0 Å². The second-order valence-corrected chi connectivity index (χ2v) is 5.68. The third kappa shape index (κ3) is 2.18. The van der Waals surface area contributed by atoms with E-state index < -0.39 is 0 Å². The van der Waals surface area contributed by atoms with Gasteiger partial charge in [0.25, 0.3) is 0 Å². The van der Waals surface area contributed by atoms with E-state index in [1.807, 2.05) is 24.3 Å². The van der Waals surface area contributed by atoms with E-state index in [2.05, 4.69) is 64.2 Å². The number of aromatic nitrogens is 2. The van der Waals surface area contributed by atoms with Crippen molar-refractivity contribution in [1.29, 1.82) is 0 Å². The second kappa shape index (κ2) is 5.25. The van der Waals surface area contributed by atoms with Crippen molar-refractivity contribution < 1.29 is 0 Å². The van der Waals surface area contributed by atoms with Gasteiger partial charge in [-0.25, -0.2) is 0 Å². The first-order valence-corrected chi connectivity index (χ1v) is 7.33. The molecule has 0 unspecified atom stereocenters. The number of nitrogens with zero attached hydrogens (tertiary/aromatic N) is 1. The Morgan fingerprint density at radius 1 is 0.850 bits per heavy atom. The molecule has 1 aromatic heterocycles. The summed E-state index contributed by atoms with van der Waals surface area (Å²) in [5, 5.41) is 7.65. The largest absolute Gasteiger partial charge is 0.276 e. The Labute approximate surface area is 127 Å². The minimum atomic E-state index is 0.960. The molecule has 0 aliphatic heterocycles. The fourth-order valence-corrected chi connectivity index (χ4v) is 2.98. The number of nitrogens with one attached hydrogen (secondary N) is 1. The zero-order valence-corrected chi connectivity index (χ0v) is 13.0. The van der Waals surface area contributed by atoms with Gasteiger partial charge >= 0.3 is 0 Å². The smallest absolute Gasteiger partial charge is 0.107 e. The van der Waals surface area contributed by atoms with E-state index in [4.69, 9.17) is 0 Å². The Balaban J connectivity index is 2.15. The first-order chi connectivity index (χ1) is 9.68. The molecular weight excluding hydrogens is 312 g/mol. The number of benzene rings is 2. The molecule has 0 aliphatic carbocycles. The predicted molar refractivity (Wildman–Crippen MR) is 86.6 cm³/mol. The molecule has 2 nitrogen and oxygen atoms in total. The van der Waals surface area contributed by atoms with Crippen LogP contribution in [0.25, 0.3) is 22.5 Å². The topological polar surface area (TPSA) is 28.7 Å². The lowest BCUT2D eigenvalue weighted by Gasteiger charge is -2.05. The first kappa shape index (κ1) is 13.1. The summed E-state index contributed by atoms with van der Waals surface area (Å²) in [6, 6.07) is 16.6. The van der Waals surface area contributed by atoms with E-state index >= 15 is 0 Å². The highest BCUT2D eigenvalue weighted by atomic mass is 79.9. The maximum Gasteiger partial charge on any atom is 0.107 e. The lowest BCUT2D eigenvalue weighted by Crippen LogP contribution is -1.84. The van der Waals surface area contributed by atoms with Gasteiger partial charge < -0.3 is 0 Å². The van der Waals surface area contributed by atoms with Gasteiger partial charge in [-0.15, -0.1) is 0 Å². The fourth-order valence-electron chi connectivity index (χ4n) is 2.38. The highest BCUT2D eigenvalue weighted by Crippen LogP contribution is 2.36. The molecule has 3 rings (SSSR count). The van der Waals surface area contributed by atoms with Crippen LogP contribution in [0.4, 0.5) is 0 Å². The zero-order chi connectivity index (χ0) is 14.1. The van der Waals surface area contributed by atoms with Gasteiger partial charge in [0, 0.05) is 11.1 Å². The zero-order valence-electron chi connectivity index (χ0n) is 11.4. The molecule has 20 heavy (non-hydrogen) atoms. The molecule has 0 atom stereocenters. The Morgan fingerprint density at radius 2 is 1.40 bits per heavy atom. The van der Waals surface area contributed by atoms with Gasteiger partial charge in [-0.3, -0.25) is 5.10 Å².